The predicted molar refractivity (Wildman–Crippen MR) is 98.3 cm³/mol. The highest BCUT2D eigenvalue weighted by Crippen LogP contribution is 2.22. The number of amides is 1. The van der Waals surface area contributed by atoms with Crippen molar-refractivity contribution >= 4 is 11.6 Å². The van der Waals surface area contributed by atoms with Crippen molar-refractivity contribution in [2.75, 3.05) is 64.5 Å². The number of methoxy groups -OCH3 is 1. The van der Waals surface area contributed by atoms with Crippen LogP contribution in [0.1, 0.15) is 13.8 Å². The fourth-order valence-electron chi connectivity index (χ4n) is 3.45. The number of hydrogen-bond acceptors (Lipinski definition) is 5. The van der Waals surface area contributed by atoms with Crippen LogP contribution in [0.15, 0.2) is 24.3 Å². The Morgan fingerprint density at radius 2 is 1.80 bits per heavy atom. The Morgan fingerprint density at radius 1 is 1.12 bits per heavy atom. The Balaban J connectivity index is 1.52. The SMILES string of the molecule is COc1ccc(N2CCN(C(=O)CN3CCOCC3(C)C)CC2)cc1. The predicted octanol–water partition coefficient (Wildman–Crippen LogP) is 1.45. The summed E-state index contributed by atoms with van der Waals surface area (Å²) in [6.45, 7) is 10.3. The van der Waals surface area contributed by atoms with Crippen LogP contribution in [0.5, 0.6) is 5.75 Å². The second-order valence-corrected chi connectivity index (χ2v) is 7.35. The van der Waals surface area contributed by atoms with Gasteiger partial charge in [-0.2, -0.15) is 0 Å². The van der Waals surface area contributed by atoms with Crippen LogP contribution >= 0.6 is 0 Å². The first-order chi connectivity index (χ1) is 12.0. The molecule has 0 bridgehead atoms. The number of morpholine rings is 1. The molecule has 0 radical (unpaired) electrons. The first kappa shape index (κ1) is 18.0. The molecule has 2 fully saturated rings. The van der Waals surface area contributed by atoms with Crippen LogP contribution in [-0.4, -0.2) is 80.8 Å². The molecule has 0 atom stereocenters. The summed E-state index contributed by atoms with van der Waals surface area (Å²) in [7, 11) is 1.68. The highest BCUT2D eigenvalue weighted by atomic mass is 16.5. The third-order valence-electron chi connectivity index (χ3n) is 5.21. The standard InChI is InChI=1S/C19H29N3O3/c1-19(2)15-25-13-12-22(19)14-18(23)21-10-8-20(9-11-21)16-4-6-17(24-3)7-5-16/h4-7H,8-15H2,1-3H3. The van der Waals surface area contributed by atoms with Gasteiger partial charge in [-0.3, -0.25) is 9.69 Å². The minimum absolute atomic E-state index is 0.0706. The van der Waals surface area contributed by atoms with Gasteiger partial charge in [0, 0.05) is 44.0 Å². The van der Waals surface area contributed by atoms with Gasteiger partial charge in [0.25, 0.3) is 0 Å². The van der Waals surface area contributed by atoms with Crippen molar-refractivity contribution in [1.82, 2.24) is 9.80 Å². The fourth-order valence-corrected chi connectivity index (χ4v) is 3.45. The maximum absolute atomic E-state index is 12.7. The molecule has 1 aromatic carbocycles. The van der Waals surface area contributed by atoms with Gasteiger partial charge in [0.1, 0.15) is 5.75 Å². The van der Waals surface area contributed by atoms with Crippen LogP contribution in [0.2, 0.25) is 0 Å². The van der Waals surface area contributed by atoms with E-state index in [4.69, 9.17) is 9.47 Å². The third-order valence-corrected chi connectivity index (χ3v) is 5.21. The lowest BCUT2D eigenvalue weighted by molar-refractivity contribution is -0.137. The van der Waals surface area contributed by atoms with E-state index in [1.54, 1.807) is 7.11 Å². The van der Waals surface area contributed by atoms with Crippen molar-refractivity contribution < 1.29 is 14.3 Å². The maximum Gasteiger partial charge on any atom is 0.236 e. The molecule has 2 saturated heterocycles. The normalized spacial score (nSPS) is 21.2. The van der Waals surface area contributed by atoms with E-state index in [2.05, 4.69) is 35.8 Å². The molecule has 1 aromatic rings. The van der Waals surface area contributed by atoms with Gasteiger partial charge >= 0.3 is 0 Å². The molecular formula is C19H29N3O3. The van der Waals surface area contributed by atoms with Crippen molar-refractivity contribution in [3.05, 3.63) is 24.3 Å². The summed E-state index contributed by atoms with van der Waals surface area (Å²) in [4.78, 5) is 19.2. The molecule has 0 N–H and O–H groups in total. The number of ether oxygens (including phenoxy) is 2. The second kappa shape index (κ2) is 7.62. The van der Waals surface area contributed by atoms with Crippen molar-refractivity contribution in [3.63, 3.8) is 0 Å². The number of piperazine rings is 1. The van der Waals surface area contributed by atoms with Crippen molar-refractivity contribution in [3.8, 4) is 5.75 Å². The maximum atomic E-state index is 12.7. The smallest absolute Gasteiger partial charge is 0.236 e. The summed E-state index contributed by atoms with van der Waals surface area (Å²) in [6.07, 6.45) is 0. The second-order valence-electron chi connectivity index (χ2n) is 7.35. The third kappa shape index (κ3) is 4.25. The highest BCUT2D eigenvalue weighted by molar-refractivity contribution is 5.78. The van der Waals surface area contributed by atoms with E-state index < -0.39 is 0 Å². The van der Waals surface area contributed by atoms with Crippen molar-refractivity contribution in [2.24, 2.45) is 0 Å². The summed E-state index contributed by atoms with van der Waals surface area (Å²) in [5.74, 6) is 1.09. The Hall–Kier alpha value is -1.79. The lowest BCUT2D eigenvalue weighted by Gasteiger charge is -2.43. The number of anilines is 1. The molecule has 6 heteroatoms. The largest absolute Gasteiger partial charge is 0.497 e. The van der Waals surface area contributed by atoms with Crippen molar-refractivity contribution in [2.45, 2.75) is 19.4 Å². The first-order valence-electron chi connectivity index (χ1n) is 8.99. The highest BCUT2D eigenvalue weighted by Gasteiger charge is 2.33. The molecule has 0 unspecified atom stereocenters. The van der Waals surface area contributed by atoms with E-state index in [1.165, 1.54) is 5.69 Å². The fraction of sp³-hybridized carbons (Fsp3) is 0.632. The molecule has 6 nitrogen and oxygen atoms in total. The van der Waals surface area contributed by atoms with Gasteiger partial charge in [-0.05, 0) is 38.1 Å². The van der Waals surface area contributed by atoms with Gasteiger partial charge in [0.15, 0.2) is 0 Å². The summed E-state index contributed by atoms with van der Waals surface area (Å²) in [6, 6.07) is 8.11. The van der Waals surface area contributed by atoms with E-state index in [9.17, 15) is 4.79 Å². The molecule has 3 rings (SSSR count). The molecule has 25 heavy (non-hydrogen) atoms. The monoisotopic (exact) mass is 347 g/mol. The topological polar surface area (TPSA) is 45.2 Å². The Kier molecular flexibility index (Phi) is 5.49. The number of benzene rings is 1. The lowest BCUT2D eigenvalue weighted by atomic mass is 10.0. The minimum Gasteiger partial charge on any atom is -0.497 e. The van der Waals surface area contributed by atoms with Crippen LogP contribution in [0.25, 0.3) is 0 Å². The van der Waals surface area contributed by atoms with Gasteiger partial charge in [-0.1, -0.05) is 0 Å². The summed E-state index contributed by atoms with van der Waals surface area (Å²) < 4.78 is 10.7. The Bertz CT molecular complexity index is 580. The summed E-state index contributed by atoms with van der Waals surface area (Å²) in [5.41, 5.74) is 1.11. The molecule has 0 aliphatic carbocycles. The van der Waals surface area contributed by atoms with Gasteiger partial charge in [0.05, 0.1) is 26.9 Å². The molecule has 2 heterocycles. The average molecular weight is 347 g/mol. The van der Waals surface area contributed by atoms with Crippen LogP contribution < -0.4 is 9.64 Å². The number of carbonyl (C=O) groups is 1. The molecule has 0 saturated carbocycles. The van der Waals surface area contributed by atoms with E-state index in [0.29, 0.717) is 19.8 Å². The molecule has 0 spiro atoms. The zero-order valence-electron chi connectivity index (χ0n) is 15.5. The number of rotatable bonds is 4. The minimum atomic E-state index is -0.0706. The van der Waals surface area contributed by atoms with Crippen LogP contribution in [0.3, 0.4) is 0 Å². The summed E-state index contributed by atoms with van der Waals surface area (Å²) >= 11 is 0. The van der Waals surface area contributed by atoms with E-state index in [1.807, 2.05) is 17.0 Å². The zero-order chi connectivity index (χ0) is 17.9. The number of carbonyl (C=O) groups excluding carboxylic acids is 1. The zero-order valence-corrected chi connectivity index (χ0v) is 15.5. The quantitative estimate of drug-likeness (QED) is 0.825. The van der Waals surface area contributed by atoms with Gasteiger partial charge in [-0.25, -0.2) is 0 Å². The molecule has 2 aliphatic heterocycles. The van der Waals surface area contributed by atoms with E-state index in [0.717, 1.165) is 38.5 Å². The molecule has 1 amide bonds. The Morgan fingerprint density at radius 3 is 2.40 bits per heavy atom. The molecule has 2 aliphatic rings. The van der Waals surface area contributed by atoms with Crippen molar-refractivity contribution in [1.29, 1.82) is 0 Å². The van der Waals surface area contributed by atoms with E-state index in [-0.39, 0.29) is 11.4 Å². The number of hydrogen-bond donors (Lipinski definition) is 0. The number of nitrogens with zero attached hydrogens (tertiary/aromatic N) is 3. The Labute approximate surface area is 150 Å². The van der Waals surface area contributed by atoms with Crippen LogP contribution in [0.4, 0.5) is 5.69 Å². The first-order valence-corrected chi connectivity index (χ1v) is 8.99. The average Bonchev–Trinajstić information content (AvgIpc) is 2.63. The molecule has 138 valence electrons. The molecule has 0 aromatic heterocycles. The lowest BCUT2D eigenvalue weighted by Crippen LogP contribution is -2.58. The van der Waals surface area contributed by atoms with Crippen LogP contribution in [0, 0.1) is 0 Å². The van der Waals surface area contributed by atoms with Gasteiger partial charge in [0.2, 0.25) is 5.91 Å². The molecular weight excluding hydrogens is 318 g/mol. The van der Waals surface area contributed by atoms with Gasteiger partial charge < -0.3 is 19.3 Å². The van der Waals surface area contributed by atoms with Crippen LogP contribution in [-0.2, 0) is 9.53 Å². The van der Waals surface area contributed by atoms with Gasteiger partial charge in [-0.15, -0.1) is 0 Å². The van der Waals surface area contributed by atoms with E-state index >= 15 is 0 Å². The summed E-state index contributed by atoms with van der Waals surface area (Å²) in [5, 5.41) is 0.